The minimum atomic E-state index is -0.263. The summed E-state index contributed by atoms with van der Waals surface area (Å²) in [4.78, 5) is 4.52. The van der Waals surface area contributed by atoms with Crippen molar-refractivity contribution in [2.24, 2.45) is 0 Å². The van der Waals surface area contributed by atoms with Crippen molar-refractivity contribution in [1.82, 2.24) is 14.6 Å². The lowest BCUT2D eigenvalue weighted by molar-refractivity contribution is 0.630. The van der Waals surface area contributed by atoms with Crippen LogP contribution in [0.5, 0.6) is 0 Å². The first kappa shape index (κ1) is 13.6. The molecule has 0 saturated carbocycles. The lowest BCUT2D eigenvalue weighted by Crippen LogP contribution is -2.20. The molecule has 1 N–H and O–H groups in total. The number of nitrogens with zero attached hydrogens (tertiary/aromatic N) is 3. The summed E-state index contributed by atoms with van der Waals surface area (Å²) >= 11 is 1.94. The SMILES string of the molecule is Fc1ccccc1-c1cc(N[C@H]2CCSC2)n2nccc2n1. The van der Waals surface area contributed by atoms with Gasteiger partial charge in [-0.25, -0.2) is 9.37 Å². The Hall–Kier alpha value is -2.08. The molecule has 22 heavy (non-hydrogen) atoms. The maximum atomic E-state index is 14.1. The van der Waals surface area contributed by atoms with E-state index in [4.69, 9.17) is 0 Å². The molecule has 4 rings (SSSR count). The largest absolute Gasteiger partial charge is 0.366 e. The van der Waals surface area contributed by atoms with Crippen LogP contribution < -0.4 is 5.32 Å². The van der Waals surface area contributed by atoms with E-state index in [1.54, 1.807) is 22.8 Å². The number of aromatic nitrogens is 3. The molecule has 1 atom stereocenters. The summed E-state index contributed by atoms with van der Waals surface area (Å²) in [5, 5.41) is 7.83. The van der Waals surface area contributed by atoms with E-state index in [0.717, 1.165) is 18.0 Å². The fourth-order valence-corrected chi connectivity index (χ4v) is 3.83. The van der Waals surface area contributed by atoms with Gasteiger partial charge in [-0.3, -0.25) is 0 Å². The highest BCUT2D eigenvalue weighted by molar-refractivity contribution is 7.99. The molecule has 3 heterocycles. The van der Waals surface area contributed by atoms with Crippen LogP contribution in [0.4, 0.5) is 10.2 Å². The van der Waals surface area contributed by atoms with E-state index in [1.165, 1.54) is 11.8 Å². The van der Waals surface area contributed by atoms with E-state index in [2.05, 4.69) is 15.4 Å². The highest BCUT2D eigenvalue weighted by atomic mass is 32.2. The molecule has 0 radical (unpaired) electrons. The molecule has 1 aliphatic rings. The van der Waals surface area contributed by atoms with Crippen LogP contribution in [-0.2, 0) is 0 Å². The first-order valence-corrected chi connectivity index (χ1v) is 8.41. The summed E-state index contributed by atoms with van der Waals surface area (Å²) in [6, 6.07) is 10.8. The lowest BCUT2D eigenvalue weighted by atomic mass is 10.1. The van der Waals surface area contributed by atoms with E-state index < -0.39 is 0 Å². The van der Waals surface area contributed by atoms with Crippen molar-refractivity contribution in [3.8, 4) is 11.3 Å². The maximum Gasteiger partial charge on any atom is 0.157 e. The minimum Gasteiger partial charge on any atom is -0.366 e. The number of anilines is 1. The molecule has 1 aromatic carbocycles. The zero-order chi connectivity index (χ0) is 14.9. The van der Waals surface area contributed by atoms with Crippen LogP contribution in [0.25, 0.3) is 16.9 Å². The third-order valence-electron chi connectivity index (χ3n) is 3.79. The van der Waals surface area contributed by atoms with Gasteiger partial charge in [-0.2, -0.15) is 21.4 Å². The molecule has 6 heteroatoms. The first-order valence-electron chi connectivity index (χ1n) is 7.25. The molecule has 0 spiro atoms. The van der Waals surface area contributed by atoms with Crippen LogP contribution >= 0.6 is 11.8 Å². The van der Waals surface area contributed by atoms with E-state index in [1.807, 2.05) is 30.0 Å². The summed E-state index contributed by atoms with van der Waals surface area (Å²) in [5.41, 5.74) is 1.85. The number of halogens is 1. The summed E-state index contributed by atoms with van der Waals surface area (Å²) < 4.78 is 15.8. The number of nitrogens with one attached hydrogen (secondary N) is 1. The second-order valence-corrected chi connectivity index (χ2v) is 6.46. The zero-order valence-electron chi connectivity index (χ0n) is 11.9. The standard InChI is InChI=1S/C16H15FN4S/c17-13-4-2-1-3-12(13)14-9-16(19-11-6-8-22-10-11)21-15(20-14)5-7-18-21/h1-5,7,9,11,19H,6,8,10H2/t11-/m0/s1. The predicted molar refractivity (Wildman–Crippen MR) is 87.7 cm³/mol. The smallest absolute Gasteiger partial charge is 0.157 e. The van der Waals surface area contributed by atoms with Gasteiger partial charge >= 0.3 is 0 Å². The Balaban J connectivity index is 1.81. The normalized spacial score (nSPS) is 18.0. The van der Waals surface area contributed by atoms with Gasteiger partial charge in [-0.05, 0) is 24.3 Å². The highest BCUT2D eigenvalue weighted by Crippen LogP contribution is 2.26. The molecular formula is C16H15FN4S. The molecular weight excluding hydrogens is 299 g/mol. The second-order valence-electron chi connectivity index (χ2n) is 5.31. The number of fused-ring (bicyclic) bond motifs is 1. The second kappa shape index (κ2) is 5.61. The van der Waals surface area contributed by atoms with E-state index in [0.29, 0.717) is 22.9 Å². The first-order chi connectivity index (χ1) is 10.8. The average Bonchev–Trinajstić information content (AvgIpc) is 3.18. The van der Waals surface area contributed by atoms with Gasteiger partial charge < -0.3 is 5.32 Å². The summed E-state index contributed by atoms with van der Waals surface area (Å²) in [5.74, 6) is 2.85. The van der Waals surface area contributed by atoms with Crippen molar-refractivity contribution in [1.29, 1.82) is 0 Å². The van der Waals surface area contributed by atoms with E-state index in [-0.39, 0.29) is 5.82 Å². The number of thioether (sulfide) groups is 1. The van der Waals surface area contributed by atoms with Crippen molar-refractivity contribution in [2.75, 3.05) is 16.8 Å². The monoisotopic (exact) mass is 314 g/mol. The molecule has 0 bridgehead atoms. The molecule has 4 nitrogen and oxygen atoms in total. The maximum absolute atomic E-state index is 14.1. The summed E-state index contributed by atoms with van der Waals surface area (Å²) in [7, 11) is 0. The van der Waals surface area contributed by atoms with Gasteiger partial charge in [0.15, 0.2) is 5.65 Å². The number of rotatable bonds is 3. The topological polar surface area (TPSA) is 42.2 Å². The van der Waals surface area contributed by atoms with Crippen LogP contribution in [0.15, 0.2) is 42.6 Å². The fraction of sp³-hybridized carbons (Fsp3) is 0.250. The van der Waals surface area contributed by atoms with E-state index >= 15 is 0 Å². The molecule has 0 unspecified atom stereocenters. The number of hydrogen-bond donors (Lipinski definition) is 1. The Bertz CT molecular complexity index is 811. The number of hydrogen-bond acceptors (Lipinski definition) is 4. The third kappa shape index (κ3) is 2.43. The Morgan fingerprint density at radius 2 is 2.18 bits per heavy atom. The van der Waals surface area contributed by atoms with Crippen LogP contribution in [-0.4, -0.2) is 32.1 Å². The zero-order valence-corrected chi connectivity index (χ0v) is 12.7. The summed E-state index contributed by atoms with van der Waals surface area (Å²) in [6.45, 7) is 0. The molecule has 0 amide bonds. The molecule has 2 aromatic heterocycles. The molecule has 1 saturated heterocycles. The Morgan fingerprint density at radius 3 is 3.00 bits per heavy atom. The van der Waals surface area contributed by atoms with Crippen LogP contribution in [0.2, 0.25) is 0 Å². The Morgan fingerprint density at radius 1 is 1.27 bits per heavy atom. The van der Waals surface area contributed by atoms with Gasteiger partial charge in [0.05, 0.1) is 11.9 Å². The van der Waals surface area contributed by atoms with Crippen LogP contribution in [0.3, 0.4) is 0 Å². The molecule has 3 aromatic rings. The third-order valence-corrected chi connectivity index (χ3v) is 4.95. The van der Waals surface area contributed by atoms with Crippen LogP contribution in [0, 0.1) is 5.82 Å². The summed E-state index contributed by atoms with van der Waals surface area (Å²) in [6.07, 6.45) is 2.84. The van der Waals surface area contributed by atoms with Gasteiger partial charge in [0.25, 0.3) is 0 Å². The lowest BCUT2D eigenvalue weighted by Gasteiger charge is -2.15. The Kier molecular flexibility index (Phi) is 3.46. The average molecular weight is 314 g/mol. The van der Waals surface area contributed by atoms with Crippen molar-refractivity contribution < 1.29 is 4.39 Å². The minimum absolute atomic E-state index is 0.263. The van der Waals surface area contributed by atoms with Gasteiger partial charge in [-0.1, -0.05) is 12.1 Å². The molecule has 0 aliphatic carbocycles. The van der Waals surface area contributed by atoms with Crippen LogP contribution in [0.1, 0.15) is 6.42 Å². The van der Waals surface area contributed by atoms with Crippen molar-refractivity contribution in [3.05, 3.63) is 48.4 Å². The van der Waals surface area contributed by atoms with Crippen molar-refractivity contribution >= 4 is 23.2 Å². The van der Waals surface area contributed by atoms with Gasteiger partial charge in [0, 0.05) is 29.5 Å². The van der Waals surface area contributed by atoms with Gasteiger partial charge in [0.2, 0.25) is 0 Å². The number of benzene rings is 1. The van der Waals surface area contributed by atoms with Gasteiger partial charge in [0.1, 0.15) is 11.6 Å². The molecule has 1 aliphatic heterocycles. The fourth-order valence-electron chi connectivity index (χ4n) is 2.68. The van der Waals surface area contributed by atoms with Gasteiger partial charge in [-0.15, -0.1) is 0 Å². The van der Waals surface area contributed by atoms with Crippen molar-refractivity contribution in [2.45, 2.75) is 12.5 Å². The Labute approximate surface area is 131 Å². The molecule has 1 fully saturated rings. The van der Waals surface area contributed by atoms with Crippen molar-refractivity contribution in [3.63, 3.8) is 0 Å². The quantitative estimate of drug-likeness (QED) is 0.804. The molecule has 112 valence electrons. The highest BCUT2D eigenvalue weighted by Gasteiger charge is 2.18. The van der Waals surface area contributed by atoms with E-state index in [9.17, 15) is 4.39 Å². The predicted octanol–water partition coefficient (Wildman–Crippen LogP) is 3.45.